The molecule has 28 heavy (non-hydrogen) atoms. The van der Waals surface area contributed by atoms with Crippen LogP contribution in [0.25, 0.3) is 21.5 Å². The van der Waals surface area contributed by atoms with Gasteiger partial charge in [0.2, 0.25) is 5.91 Å². The third-order valence-corrected chi connectivity index (χ3v) is 4.59. The molecule has 5 N–H and O–H groups in total. The van der Waals surface area contributed by atoms with Gasteiger partial charge in [-0.2, -0.15) is 0 Å². The highest BCUT2D eigenvalue weighted by Gasteiger charge is 2.10. The number of hydrogen-bond donors (Lipinski definition) is 4. The Morgan fingerprint density at radius 1 is 0.821 bits per heavy atom. The molecule has 3 rings (SSSR count). The van der Waals surface area contributed by atoms with Crippen LogP contribution in [0.3, 0.4) is 0 Å². The quantitative estimate of drug-likeness (QED) is 0.311. The summed E-state index contributed by atoms with van der Waals surface area (Å²) in [5.41, 5.74) is 6.35. The maximum Gasteiger partial charge on any atom is 0.238 e. The molecule has 0 radical (unpaired) electrons. The van der Waals surface area contributed by atoms with Gasteiger partial charge in [-0.05, 0) is 55.9 Å². The molecule has 6 heteroatoms. The van der Waals surface area contributed by atoms with Crippen molar-refractivity contribution >= 4 is 45.5 Å². The van der Waals surface area contributed by atoms with Crippen LogP contribution < -0.4 is 21.7 Å². The van der Waals surface area contributed by atoms with E-state index < -0.39 is 0 Å². The number of rotatable bonds is 10. The van der Waals surface area contributed by atoms with Crippen molar-refractivity contribution in [3.05, 3.63) is 54.6 Å². The summed E-state index contributed by atoms with van der Waals surface area (Å²) < 4.78 is 0. The van der Waals surface area contributed by atoms with Crippen LogP contribution in [-0.2, 0) is 4.79 Å². The minimum atomic E-state index is -0.0207. The first-order chi connectivity index (χ1) is 13.3. The Labute approximate surface area is 172 Å². The minimum absolute atomic E-state index is 0. The number of nitrogens with two attached hydrogens (primary N) is 1. The number of hydrogen-bond acceptors (Lipinski definition) is 4. The molecule has 3 aromatic rings. The number of carbonyl (C=O) groups is 1. The third-order valence-electron chi connectivity index (χ3n) is 4.59. The van der Waals surface area contributed by atoms with Gasteiger partial charge in [0.15, 0.2) is 0 Å². The van der Waals surface area contributed by atoms with Crippen molar-refractivity contribution in [1.82, 2.24) is 10.6 Å². The van der Waals surface area contributed by atoms with E-state index in [0.717, 1.165) is 59.7 Å². The summed E-state index contributed by atoms with van der Waals surface area (Å²) in [4.78, 5) is 12.5. The molecule has 0 saturated carbocycles. The molecule has 0 fully saturated rings. The second-order valence-corrected chi connectivity index (χ2v) is 6.66. The van der Waals surface area contributed by atoms with Crippen LogP contribution in [0.2, 0.25) is 0 Å². The molecule has 3 aromatic carbocycles. The van der Waals surface area contributed by atoms with Gasteiger partial charge in [0, 0.05) is 10.8 Å². The second kappa shape index (κ2) is 11.6. The zero-order valence-corrected chi connectivity index (χ0v) is 16.9. The largest absolute Gasteiger partial charge is 0.330 e. The van der Waals surface area contributed by atoms with Crippen LogP contribution in [0.5, 0.6) is 0 Å². The van der Waals surface area contributed by atoms with Gasteiger partial charge >= 0.3 is 0 Å². The molecule has 0 spiro atoms. The molecule has 0 aromatic heterocycles. The molecule has 0 saturated heterocycles. The van der Waals surface area contributed by atoms with Gasteiger partial charge in [0.25, 0.3) is 0 Å². The highest BCUT2D eigenvalue weighted by molar-refractivity contribution is 6.15. The summed E-state index contributed by atoms with van der Waals surface area (Å²) in [7, 11) is 0. The lowest BCUT2D eigenvalue weighted by Crippen LogP contribution is -2.30. The maximum absolute atomic E-state index is 12.5. The fraction of sp³-hybridized carbons (Fsp3) is 0.318. The number of anilines is 1. The molecular formula is C22H29ClN4O. The number of fused-ring (bicyclic) bond motifs is 2. The number of carbonyl (C=O) groups excluding carboxylic acids is 1. The van der Waals surface area contributed by atoms with Crippen LogP contribution in [0.4, 0.5) is 5.69 Å². The summed E-state index contributed by atoms with van der Waals surface area (Å²) in [6.45, 7) is 3.71. The predicted molar refractivity (Wildman–Crippen MR) is 121 cm³/mol. The Kier molecular flexibility index (Phi) is 9.17. The molecule has 0 atom stereocenters. The van der Waals surface area contributed by atoms with E-state index in [4.69, 9.17) is 5.73 Å². The third kappa shape index (κ3) is 5.91. The van der Waals surface area contributed by atoms with Crippen molar-refractivity contribution in [1.29, 1.82) is 0 Å². The maximum atomic E-state index is 12.5. The van der Waals surface area contributed by atoms with E-state index in [1.807, 2.05) is 24.3 Å². The SMILES string of the molecule is Cl.NCCCNCCCNCC(=O)Nc1c2ccccc2cc2ccccc12. The van der Waals surface area contributed by atoms with Gasteiger partial charge in [0.1, 0.15) is 0 Å². The van der Waals surface area contributed by atoms with Crippen molar-refractivity contribution in [3.63, 3.8) is 0 Å². The highest BCUT2D eigenvalue weighted by atomic mass is 35.5. The Balaban J connectivity index is 0.00000280. The van der Waals surface area contributed by atoms with E-state index in [-0.39, 0.29) is 18.3 Å². The van der Waals surface area contributed by atoms with Crippen molar-refractivity contribution in [2.24, 2.45) is 5.73 Å². The fourth-order valence-electron chi connectivity index (χ4n) is 3.22. The summed E-state index contributed by atoms with van der Waals surface area (Å²) in [6.07, 6.45) is 1.98. The van der Waals surface area contributed by atoms with E-state index in [9.17, 15) is 4.79 Å². The molecule has 1 amide bonds. The molecule has 0 unspecified atom stereocenters. The van der Waals surface area contributed by atoms with Gasteiger partial charge in [-0.15, -0.1) is 12.4 Å². The molecule has 0 aliphatic rings. The molecule has 0 aliphatic carbocycles. The van der Waals surface area contributed by atoms with Crippen molar-refractivity contribution < 1.29 is 4.79 Å². The van der Waals surface area contributed by atoms with Gasteiger partial charge in [0.05, 0.1) is 12.2 Å². The summed E-state index contributed by atoms with van der Waals surface area (Å²) >= 11 is 0. The summed E-state index contributed by atoms with van der Waals surface area (Å²) in [6, 6.07) is 18.5. The van der Waals surface area contributed by atoms with Crippen LogP contribution >= 0.6 is 12.4 Å². The van der Waals surface area contributed by atoms with Crippen LogP contribution in [0.1, 0.15) is 12.8 Å². The van der Waals surface area contributed by atoms with Gasteiger partial charge in [-0.3, -0.25) is 4.79 Å². The Hall–Kier alpha value is -2.18. The van der Waals surface area contributed by atoms with Crippen molar-refractivity contribution in [2.45, 2.75) is 12.8 Å². The average Bonchev–Trinajstić information content (AvgIpc) is 2.70. The normalized spacial score (nSPS) is 10.8. The predicted octanol–water partition coefficient (Wildman–Crippen LogP) is 3.27. The smallest absolute Gasteiger partial charge is 0.238 e. The van der Waals surface area contributed by atoms with Crippen molar-refractivity contribution in [2.75, 3.05) is 38.0 Å². The van der Waals surface area contributed by atoms with E-state index in [1.165, 1.54) is 0 Å². The monoisotopic (exact) mass is 400 g/mol. The first-order valence-corrected chi connectivity index (χ1v) is 9.61. The second-order valence-electron chi connectivity index (χ2n) is 6.66. The van der Waals surface area contributed by atoms with E-state index >= 15 is 0 Å². The molecule has 0 heterocycles. The summed E-state index contributed by atoms with van der Waals surface area (Å²) in [5, 5.41) is 14.0. The standard InChI is InChI=1S/C22H28N4O.ClH/c23-11-5-12-24-13-6-14-25-16-21(27)26-22-19-9-3-1-7-17(19)15-18-8-2-4-10-20(18)22;/h1-4,7-10,15,24-25H,5-6,11-14,16,23H2,(H,26,27);1H. The van der Waals surface area contributed by atoms with Gasteiger partial charge < -0.3 is 21.7 Å². The first-order valence-electron chi connectivity index (χ1n) is 9.61. The van der Waals surface area contributed by atoms with Gasteiger partial charge in [-0.1, -0.05) is 48.5 Å². The molecule has 150 valence electrons. The number of halogens is 1. The van der Waals surface area contributed by atoms with E-state index in [1.54, 1.807) is 0 Å². The van der Waals surface area contributed by atoms with Crippen LogP contribution in [0, 0.1) is 0 Å². The topological polar surface area (TPSA) is 79.2 Å². The average molecular weight is 401 g/mol. The first kappa shape index (κ1) is 22.1. The molecular weight excluding hydrogens is 372 g/mol. The Morgan fingerprint density at radius 2 is 1.39 bits per heavy atom. The lowest BCUT2D eigenvalue weighted by molar-refractivity contribution is -0.115. The number of amides is 1. The van der Waals surface area contributed by atoms with E-state index in [2.05, 4.69) is 46.3 Å². The zero-order valence-electron chi connectivity index (χ0n) is 16.0. The fourth-order valence-corrected chi connectivity index (χ4v) is 3.22. The number of nitrogens with one attached hydrogen (secondary N) is 3. The Bertz CT molecular complexity index is 846. The minimum Gasteiger partial charge on any atom is -0.330 e. The molecule has 0 bridgehead atoms. The lowest BCUT2D eigenvalue weighted by Gasteiger charge is -2.13. The van der Waals surface area contributed by atoms with Crippen LogP contribution in [0.15, 0.2) is 54.6 Å². The zero-order chi connectivity index (χ0) is 18.9. The van der Waals surface area contributed by atoms with Gasteiger partial charge in [-0.25, -0.2) is 0 Å². The number of benzene rings is 3. The lowest BCUT2D eigenvalue weighted by atomic mass is 10.0. The van der Waals surface area contributed by atoms with E-state index in [0.29, 0.717) is 13.1 Å². The molecule has 5 nitrogen and oxygen atoms in total. The highest BCUT2D eigenvalue weighted by Crippen LogP contribution is 2.32. The summed E-state index contributed by atoms with van der Waals surface area (Å²) in [5.74, 6) is -0.0207. The van der Waals surface area contributed by atoms with Crippen LogP contribution in [-0.4, -0.2) is 38.6 Å². The van der Waals surface area contributed by atoms with Crippen molar-refractivity contribution in [3.8, 4) is 0 Å². The Morgan fingerprint density at radius 3 is 2.04 bits per heavy atom. The molecule has 0 aliphatic heterocycles.